The molecule has 0 aliphatic heterocycles. The van der Waals surface area contributed by atoms with Gasteiger partial charge in [0.15, 0.2) is 0 Å². The molecule has 4 rings (SSSR count). The highest BCUT2D eigenvalue weighted by molar-refractivity contribution is 5.94. The lowest BCUT2D eigenvalue weighted by Crippen LogP contribution is -2.21. The maximum atomic E-state index is 10.6. The summed E-state index contributed by atoms with van der Waals surface area (Å²) in [5.74, 6) is -2.76. The van der Waals surface area contributed by atoms with E-state index >= 15 is 0 Å². The number of hydrogen-bond donors (Lipinski definition) is 3. The molecule has 0 atom stereocenters. The molecule has 0 unspecified atom stereocenters. The second-order valence-electron chi connectivity index (χ2n) is 5.99. The smallest absolute Gasteiger partial charge is 0.475 e. The minimum Gasteiger partial charge on any atom is -0.475 e. The molecule has 1 heterocycles. The topological polar surface area (TPSA) is 78.0 Å². The molecule has 3 N–H and O–H groups in total. The SMILES string of the molecule is O=C(O)C(F)(F)F.c1ccc(Nc2ccc3c(-c4ccccc4)n[nH]c3c2)cc1. The number of nitrogens with one attached hydrogen (secondary N) is 2. The normalized spacial score (nSPS) is 10.9. The van der Waals surface area contributed by atoms with Crippen LogP contribution >= 0.6 is 0 Å². The maximum Gasteiger partial charge on any atom is 0.490 e. The van der Waals surface area contributed by atoms with Gasteiger partial charge in [0.1, 0.15) is 0 Å². The number of carbonyl (C=O) groups is 1. The molecule has 3 aromatic carbocycles. The molecule has 0 aliphatic rings. The van der Waals surface area contributed by atoms with Crippen molar-refractivity contribution in [1.82, 2.24) is 10.2 Å². The van der Waals surface area contributed by atoms with E-state index in [0.29, 0.717) is 0 Å². The summed E-state index contributed by atoms with van der Waals surface area (Å²) in [6.45, 7) is 0. The molecule has 0 fully saturated rings. The van der Waals surface area contributed by atoms with Crippen LogP contribution in [-0.4, -0.2) is 27.4 Å². The van der Waals surface area contributed by atoms with E-state index in [9.17, 15) is 13.2 Å². The number of alkyl halides is 3. The molecule has 4 aromatic rings. The summed E-state index contributed by atoms with van der Waals surface area (Å²) in [5.41, 5.74) is 5.26. The van der Waals surface area contributed by atoms with E-state index in [-0.39, 0.29) is 0 Å². The lowest BCUT2D eigenvalue weighted by atomic mass is 10.1. The molecule has 1 aromatic heterocycles. The third kappa shape index (κ3) is 5.13. The van der Waals surface area contributed by atoms with Gasteiger partial charge in [-0.05, 0) is 30.3 Å². The summed E-state index contributed by atoms with van der Waals surface area (Å²) in [4.78, 5) is 8.90. The van der Waals surface area contributed by atoms with Gasteiger partial charge in [0, 0.05) is 22.3 Å². The summed E-state index contributed by atoms with van der Waals surface area (Å²) >= 11 is 0. The van der Waals surface area contributed by atoms with E-state index in [2.05, 4.69) is 45.8 Å². The average Bonchev–Trinajstić information content (AvgIpc) is 3.12. The minimum atomic E-state index is -5.08. The molecule has 0 bridgehead atoms. The zero-order valence-electron chi connectivity index (χ0n) is 14.9. The Morgan fingerprint density at radius 2 is 1.48 bits per heavy atom. The number of para-hydroxylation sites is 1. The van der Waals surface area contributed by atoms with Crippen LogP contribution in [0.5, 0.6) is 0 Å². The number of nitrogens with zero attached hydrogens (tertiary/aromatic N) is 1. The van der Waals surface area contributed by atoms with Crippen LogP contribution in [0.4, 0.5) is 24.5 Å². The summed E-state index contributed by atoms with van der Waals surface area (Å²) in [6, 6.07) is 26.6. The summed E-state index contributed by atoms with van der Waals surface area (Å²) < 4.78 is 31.7. The van der Waals surface area contributed by atoms with Crippen molar-refractivity contribution in [3.05, 3.63) is 78.9 Å². The van der Waals surface area contributed by atoms with Gasteiger partial charge in [-0.15, -0.1) is 0 Å². The highest BCUT2D eigenvalue weighted by Crippen LogP contribution is 2.28. The Kier molecular flexibility index (Phi) is 5.82. The molecule has 5 nitrogen and oxygen atoms in total. The molecule has 0 saturated heterocycles. The number of aromatic amines is 1. The number of halogens is 3. The lowest BCUT2D eigenvalue weighted by molar-refractivity contribution is -0.192. The van der Waals surface area contributed by atoms with Gasteiger partial charge >= 0.3 is 12.1 Å². The predicted octanol–water partition coefficient (Wildman–Crippen LogP) is 5.61. The van der Waals surface area contributed by atoms with E-state index in [1.165, 1.54) is 0 Å². The third-order valence-electron chi connectivity index (χ3n) is 3.92. The highest BCUT2D eigenvalue weighted by atomic mass is 19.4. The van der Waals surface area contributed by atoms with Crippen LogP contribution in [-0.2, 0) is 4.79 Å². The zero-order valence-corrected chi connectivity index (χ0v) is 14.9. The summed E-state index contributed by atoms with van der Waals surface area (Å²) in [6.07, 6.45) is -5.08. The zero-order chi connectivity index (χ0) is 20.9. The number of hydrogen-bond acceptors (Lipinski definition) is 3. The Morgan fingerprint density at radius 1 is 0.897 bits per heavy atom. The van der Waals surface area contributed by atoms with Crippen molar-refractivity contribution < 1.29 is 23.1 Å². The number of carboxylic acids is 1. The van der Waals surface area contributed by atoms with Gasteiger partial charge in [0.25, 0.3) is 0 Å². The molecule has 0 amide bonds. The Bertz CT molecular complexity index is 1090. The van der Waals surface area contributed by atoms with Crippen LogP contribution < -0.4 is 5.32 Å². The molecular weight excluding hydrogens is 383 g/mol. The number of fused-ring (bicyclic) bond motifs is 1. The molecule has 0 spiro atoms. The van der Waals surface area contributed by atoms with E-state index in [1.54, 1.807) is 0 Å². The monoisotopic (exact) mass is 399 g/mol. The average molecular weight is 399 g/mol. The predicted molar refractivity (Wildman–Crippen MR) is 105 cm³/mol. The van der Waals surface area contributed by atoms with Gasteiger partial charge < -0.3 is 10.4 Å². The Morgan fingerprint density at radius 3 is 2.07 bits per heavy atom. The standard InChI is InChI=1S/C19H15N3.C2HF3O2/c1-3-7-14(8-4-1)19-17-12-11-16(13-18(17)21-22-19)20-15-9-5-2-6-10-15;3-2(4,5)1(6)7/h1-13,20H,(H,21,22);(H,6,7). The van der Waals surface area contributed by atoms with Gasteiger partial charge in [-0.3, -0.25) is 5.10 Å². The molecule has 0 radical (unpaired) electrons. The van der Waals surface area contributed by atoms with Crippen molar-refractivity contribution in [3.63, 3.8) is 0 Å². The molecule has 0 aliphatic carbocycles. The van der Waals surface area contributed by atoms with E-state index < -0.39 is 12.1 Å². The van der Waals surface area contributed by atoms with E-state index in [4.69, 9.17) is 9.90 Å². The summed E-state index contributed by atoms with van der Waals surface area (Å²) in [7, 11) is 0. The summed E-state index contributed by atoms with van der Waals surface area (Å²) in [5, 5.41) is 19.2. The van der Waals surface area contributed by atoms with Crippen molar-refractivity contribution in [2.75, 3.05) is 5.32 Å². The first-order chi connectivity index (χ1) is 13.8. The minimum absolute atomic E-state index is 0.988. The quantitative estimate of drug-likeness (QED) is 0.419. The maximum absolute atomic E-state index is 10.6. The fraction of sp³-hybridized carbons (Fsp3) is 0.0476. The largest absolute Gasteiger partial charge is 0.490 e. The number of aliphatic carboxylic acids is 1. The second-order valence-corrected chi connectivity index (χ2v) is 5.99. The number of carboxylic acid groups (broad SMARTS) is 1. The van der Waals surface area contributed by atoms with Gasteiger partial charge in [0.05, 0.1) is 11.2 Å². The van der Waals surface area contributed by atoms with Gasteiger partial charge in [-0.1, -0.05) is 48.5 Å². The molecule has 8 heteroatoms. The van der Waals surface area contributed by atoms with Gasteiger partial charge in [-0.2, -0.15) is 18.3 Å². The van der Waals surface area contributed by atoms with Crippen molar-refractivity contribution >= 4 is 28.2 Å². The fourth-order valence-corrected chi connectivity index (χ4v) is 2.60. The Hall–Kier alpha value is -3.81. The molecule has 0 saturated carbocycles. The molecule has 29 heavy (non-hydrogen) atoms. The van der Waals surface area contributed by atoms with Gasteiger partial charge in [-0.25, -0.2) is 4.79 Å². The van der Waals surface area contributed by atoms with Gasteiger partial charge in [0.2, 0.25) is 0 Å². The number of rotatable bonds is 3. The number of anilines is 2. The third-order valence-corrected chi connectivity index (χ3v) is 3.92. The Balaban J connectivity index is 0.000000298. The van der Waals surface area contributed by atoms with Crippen molar-refractivity contribution in [2.45, 2.75) is 6.18 Å². The van der Waals surface area contributed by atoms with Crippen LogP contribution in [0.25, 0.3) is 22.2 Å². The lowest BCUT2D eigenvalue weighted by Gasteiger charge is -2.06. The van der Waals surface area contributed by atoms with Crippen LogP contribution in [0, 0.1) is 0 Å². The van der Waals surface area contributed by atoms with Crippen LogP contribution in [0.1, 0.15) is 0 Å². The van der Waals surface area contributed by atoms with E-state index in [1.807, 2.05) is 48.5 Å². The van der Waals surface area contributed by atoms with Crippen LogP contribution in [0.2, 0.25) is 0 Å². The first-order valence-corrected chi connectivity index (χ1v) is 8.50. The second kappa shape index (κ2) is 8.47. The van der Waals surface area contributed by atoms with Crippen molar-refractivity contribution in [2.24, 2.45) is 0 Å². The first-order valence-electron chi connectivity index (χ1n) is 8.50. The fourth-order valence-electron chi connectivity index (χ4n) is 2.60. The number of aromatic nitrogens is 2. The molecule has 148 valence electrons. The molecular formula is C21H16F3N3O2. The van der Waals surface area contributed by atoms with E-state index in [0.717, 1.165) is 33.5 Å². The number of benzene rings is 3. The van der Waals surface area contributed by atoms with Crippen molar-refractivity contribution in [1.29, 1.82) is 0 Å². The highest BCUT2D eigenvalue weighted by Gasteiger charge is 2.38. The van der Waals surface area contributed by atoms with Crippen LogP contribution in [0.15, 0.2) is 78.9 Å². The van der Waals surface area contributed by atoms with Crippen molar-refractivity contribution in [3.8, 4) is 11.3 Å². The van der Waals surface area contributed by atoms with Crippen LogP contribution in [0.3, 0.4) is 0 Å². The Labute approximate surface area is 163 Å². The number of H-pyrrole nitrogens is 1. The first kappa shape index (κ1) is 19.9.